The van der Waals surface area contributed by atoms with E-state index in [1.54, 1.807) is 25.2 Å². The first-order valence-corrected chi connectivity index (χ1v) is 10.1. The maximum atomic E-state index is 13.9. The molecule has 0 unspecified atom stereocenters. The average molecular weight is 471 g/mol. The van der Waals surface area contributed by atoms with Gasteiger partial charge in [-0.25, -0.2) is 9.50 Å². The summed E-state index contributed by atoms with van der Waals surface area (Å²) in [5.41, 5.74) is 1.03. The van der Waals surface area contributed by atoms with Crippen molar-refractivity contribution in [3.8, 4) is 11.3 Å². The number of nitrogens with one attached hydrogen (secondary N) is 2. The number of amides is 2. The van der Waals surface area contributed by atoms with E-state index in [1.807, 2.05) is 13.8 Å². The van der Waals surface area contributed by atoms with Crippen LogP contribution in [0, 0.1) is 13.8 Å². The molecule has 12 heteroatoms. The van der Waals surface area contributed by atoms with Crippen molar-refractivity contribution in [2.75, 3.05) is 12.4 Å². The molecule has 176 valence electrons. The molecule has 1 aromatic carbocycles. The number of halogens is 3. The third-order valence-corrected chi connectivity index (χ3v) is 5.27. The van der Waals surface area contributed by atoms with Crippen molar-refractivity contribution in [1.29, 1.82) is 0 Å². The van der Waals surface area contributed by atoms with Gasteiger partial charge in [0.05, 0.1) is 11.4 Å². The number of hydrogen-bond donors (Lipinski definition) is 2. The number of carbonyl (C=O) groups excluding carboxylic acids is 2. The van der Waals surface area contributed by atoms with Gasteiger partial charge in [-0.1, -0.05) is 12.1 Å². The molecule has 0 spiro atoms. The van der Waals surface area contributed by atoms with Crippen molar-refractivity contribution in [3.05, 3.63) is 64.7 Å². The lowest BCUT2D eigenvalue weighted by Crippen LogP contribution is -2.21. The first kappa shape index (κ1) is 23.0. The van der Waals surface area contributed by atoms with Gasteiger partial charge in [0.15, 0.2) is 22.7 Å². The Morgan fingerprint density at radius 3 is 2.38 bits per heavy atom. The number of aryl methyl sites for hydroxylation is 3. The summed E-state index contributed by atoms with van der Waals surface area (Å²) in [6.45, 7) is 3.76. The van der Waals surface area contributed by atoms with E-state index in [-0.39, 0.29) is 28.4 Å². The predicted molar refractivity (Wildman–Crippen MR) is 117 cm³/mol. The van der Waals surface area contributed by atoms with Crippen molar-refractivity contribution in [1.82, 2.24) is 29.7 Å². The summed E-state index contributed by atoms with van der Waals surface area (Å²) in [4.78, 5) is 29.1. The van der Waals surface area contributed by atoms with Crippen LogP contribution < -0.4 is 10.6 Å². The number of anilines is 1. The van der Waals surface area contributed by atoms with Crippen LogP contribution in [0.5, 0.6) is 0 Å². The highest BCUT2D eigenvalue weighted by atomic mass is 19.4. The number of carbonyl (C=O) groups is 2. The molecule has 0 aliphatic rings. The molecule has 4 aromatic rings. The van der Waals surface area contributed by atoms with E-state index < -0.39 is 23.7 Å². The summed E-state index contributed by atoms with van der Waals surface area (Å²) in [6, 6.07) is 7.30. The molecule has 2 N–H and O–H groups in total. The van der Waals surface area contributed by atoms with E-state index >= 15 is 0 Å². The molecule has 2 amide bonds. The minimum absolute atomic E-state index is 0.0479. The van der Waals surface area contributed by atoms with Crippen molar-refractivity contribution >= 4 is 23.1 Å². The molecule has 9 nitrogen and oxygen atoms in total. The zero-order valence-electron chi connectivity index (χ0n) is 18.7. The van der Waals surface area contributed by atoms with Crippen LogP contribution in [0.2, 0.25) is 0 Å². The molecular weight excluding hydrogens is 451 g/mol. The van der Waals surface area contributed by atoms with Crippen LogP contribution in [-0.4, -0.2) is 43.2 Å². The van der Waals surface area contributed by atoms with Crippen LogP contribution in [-0.2, 0) is 13.2 Å². The molecule has 34 heavy (non-hydrogen) atoms. The summed E-state index contributed by atoms with van der Waals surface area (Å²) >= 11 is 0. The molecule has 0 aliphatic carbocycles. The first-order valence-electron chi connectivity index (χ1n) is 10.1. The van der Waals surface area contributed by atoms with E-state index in [0.29, 0.717) is 10.1 Å². The first-order chi connectivity index (χ1) is 16.0. The molecular formula is C22H20F3N7O2. The number of fused-ring (bicyclic) bond motifs is 1. The Bertz CT molecular complexity index is 1440. The molecule has 3 heterocycles. The quantitative estimate of drug-likeness (QED) is 0.475. The summed E-state index contributed by atoms with van der Waals surface area (Å²) in [6.07, 6.45) is -3.35. The minimum atomic E-state index is -4.74. The van der Waals surface area contributed by atoms with Crippen LogP contribution in [0.15, 0.2) is 36.5 Å². The Labute approximate surface area is 191 Å². The number of benzene rings is 1. The van der Waals surface area contributed by atoms with Gasteiger partial charge in [0.1, 0.15) is 0 Å². The van der Waals surface area contributed by atoms with Crippen LogP contribution in [0.3, 0.4) is 0 Å². The van der Waals surface area contributed by atoms with Crippen molar-refractivity contribution < 1.29 is 22.8 Å². The molecule has 0 atom stereocenters. The van der Waals surface area contributed by atoms with Gasteiger partial charge in [0.25, 0.3) is 11.8 Å². The van der Waals surface area contributed by atoms with E-state index in [0.717, 1.165) is 23.3 Å². The van der Waals surface area contributed by atoms with Crippen LogP contribution in [0.4, 0.5) is 18.9 Å². The Morgan fingerprint density at radius 1 is 1.00 bits per heavy atom. The number of nitrogens with zero attached hydrogens (tertiary/aromatic N) is 5. The van der Waals surface area contributed by atoms with Gasteiger partial charge >= 0.3 is 6.18 Å². The van der Waals surface area contributed by atoms with Gasteiger partial charge in [-0.3, -0.25) is 14.3 Å². The molecule has 4 rings (SSSR count). The third-order valence-electron chi connectivity index (χ3n) is 5.27. The van der Waals surface area contributed by atoms with Crippen molar-refractivity contribution in [2.24, 2.45) is 7.05 Å². The highest BCUT2D eigenvalue weighted by Crippen LogP contribution is 2.33. The number of rotatable bonds is 4. The van der Waals surface area contributed by atoms with Crippen LogP contribution in [0.1, 0.15) is 37.8 Å². The number of hydrogen-bond acceptors (Lipinski definition) is 5. The molecule has 0 fully saturated rings. The SMILES string of the molecule is CNC(=O)c1nn(C)cc1NC(=O)c1cc2nc(-c3ccc(C)c(C)c3)cc(C(F)(F)F)n2n1. The number of aromatic nitrogens is 5. The van der Waals surface area contributed by atoms with Gasteiger partial charge < -0.3 is 10.6 Å². The molecule has 0 bridgehead atoms. The molecule has 0 saturated carbocycles. The van der Waals surface area contributed by atoms with E-state index in [2.05, 4.69) is 25.8 Å². The van der Waals surface area contributed by atoms with E-state index in [1.165, 1.54) is 17.9 Å². The fourth-order valence-corrected chi connectivity index (χ4v) is 3.39. The molecule has 0 saturated heterocycles. The van der Waals surface area contributed by atoms with Crippen molar-refractivity contribution in [2.45, 2.75) is 20.0 Å². The summed E-state index contributed by atoms with van der Waals surface area (Å²) in [7, 11) is 2.96. The highest BCUT2D eigenvalue weighted by molar-refractivity contribution is 6.07. The van der Waals surface area contributed by atoms with Crippen LogP contribution >= 0.6 is 0 Å². The highest BCUT2D eigenvalue weighted by Gasteiger charge is 2.36. The summed E-state index contributed by atoms with van der Waals surface area (Å²) in [5.74, 6) is -1.35. The zero-order valence-corrected chi connectivity index (χ0v) is 18.7. The lowest BCUT2D eigenvalue weighted by molar-refractivity contribution is -0.142. The largest absolute Gasteiger partial charge is 0.433 e. The molecule has 3 aromatic heterocycles. The topological polar surface area (TPSA) is 106 Å². The van der Waals surface area contributed by atoms with Crippen molar-refractivity contribution in [3.63, 3.8) is 0 Å². The maximum absolute atomic E-state index is 13.9. The third kappa shape index (κ3) is 4.21. The second-order valence-electron chi connectivity index (χ2n) is 7.72. The van der Waals surface area contributed by atoms with E-state index in [4.69, 9.17) is 0 Å². The smallest absolute Gasteiger partial charge is 0.354 e. The fourth-order valence-electron chi connectivity index (χ4n) is 3.39. The predicted octanol–water partition coefficient (Wildman–Crippen LogP) is 3.38. The molecule has 0 aliphatic heterocycles. The van der Waals surface area contributed by atoms with Crippen LogP contribution in [0.25, 0.3) is 16.9 Å². The van der Waals surface area contributed by atoms with Gasteiger partial charge in [-0.05, 0) is 37.1 Å². The van der Waals surface area contributed by atoms with Gasteiger partial charge in [-0.15, -0.1) is 0 Å². The van der Waals surface area contributed by atoms with E-state index in [9.17, 15) is 22.8 Å². The zero-order chi connectivity index (χ0) is 24.8. The summed E-state index contributed by atoms with van der Waals surface area (Å²) in [5, 5.41) is 12.7. The standard InChI is InChI=1S/C22H20F3N7O2/c1-11-5-6-13(7-12(11)2)14-8-17(22(23,24)25)32-18(27-14)9-15(29-32)20(33)28-16-10-31(4)30-19(16)21(34)26-3/h5-10H,1-4H3,(H,26,34)(H,28,33). The van der Waals surface area contributed by atoms with Gasteiger partial charge in [0.2, 0.25) is 0 Å². The lowest BCUT2D eigenvalue weighted by atomic mass is 10.0. The second-order valence-corrected chi connectivity index (χ2v) is 7.72. The minimum Gasteiger partial charge on any atom is -0.354 e. The Hall–Kier alpha value is -4.22. The summed E-state index contributed by atoms with van der Waals surface area (Å²) < 4.78 is 43.5. The van der Waals surface area contributed by atoms with Gasteiger partial charge in [0, 0.05) is 31.9 Å². The Morgan fingerprint density at radius 2 is 1.74 bits per heavy atom. The lowest BCUT2D eigenvalue weighted by Gasteiger charge is -2.11. The monoisotopic (exact) mass is 471 g/mol. The average Bonchev–Trinajstić information content (AvgIpc) is 3.36. The van der Waals surface area contributed by atoms with Gasteiger partial charge in [-0.2, -0.15) is 23.4 Å². The second kappa shape index (κ2) is 8.28. The Kier molecular flexibility index (Phi) is 5.59. The molecule has 0 radical (unpaired) electrons. The normalized spacial score (nSPS) is 11.6. The number of alkyl halides is 3. The Balaban J connectivity index is 1.78. The fraction of sp³-hybridized carbons (Fsp3) is 0.227. The maximum Gasteiger partial charge on any atom is 0.433 e.